The third-order valence-electron chi connectivity index (χ3n) is 6.08. The second-order valence-electron chi connectivity index (χ2n) is 9.10. The summed E-state index contributed by atoms with van der Waals surface area (Å²) >= 11 is 0. The van der Waals surface area contributed by atoms with E-state index in [1.54, 1.807) is 7.11 Å². The van der Waals surface area contributed by atoms with Gasteiger partial charge in [0.05, 0.1) is 12.8 Å². The van der Waals surface area contributed by atoms with Gasteiger partial charge in [0.15, 0.2) is 11.5 Å². The number of methoxy groups -OCH3 is 1. The molecule has 0 spiro atoms. The lowest BCUT2D eigenvalue weighted by Crippen LogP contribution is -2.37. The number of aliphatic hydroxyl groups excluding tert-OH is 1. The maximum atomic E-state index is 10.6. The molecule has 2 heterocycles. The van der Waals surface area contributed by atoms with E-state index >= 15 is 0 Å². The van der Waals surface area contributed by atoms with Gasteiger partial charge in [0, 0.05) is 38.4 Å². The predicted molar refractivity (Wildman–Crippen MR) is 127 cm³/mol. The van der Waals surface area contributed by atoms with E-state index in [2.05, 4.69) is 34.2 Å². The van der Waals surface area contributed by atoms with Gasteiger partial charge in [-0.3, -0.25) is 9.58 Å². The number of aromatic nitrogens is 2. The van der Waals surface area contributed by atoms with Gasteiger partial charge in [-0.05, 0) is 57.6 Å². The summed E-state index contributed by atoms with van der Waals surface area (Å²) < 4.78 is 13.4. The SMILES string of the molecule is COc1ccc(CN(C)Cc2cn(C)nc2C)cc1OC[C@@H](O)CN1CCCCCCC1. The van der Waals surface area contributed by atoms with Gasteiger partial charge in [-0.1, -0.05) is 25.3 Å². The molecule has 1 saturated heterocycles. The highest BCUT2D eigenvalue weighted by Crippen LogP contribution is 2.29. The third kappa shape index (κ3) is 7.50. The molecule has 1 aromatic carbocycles. The molecule has 0 radical (unpaired) electrons. The lowest BCUT2D eigenvalue weighted by atomic mass is 10.1. The molecule has 1 aliphatic heterocycles. The van der Waals surface area contributed by atoms with Crippen molar-refractivity contribution in [1.82, 2.24) is 19.6 Å². The first-order valence-electron chi connectivity index (χ1n) is 11.8. The van der Waals surface area contributed by atoms with Gasteiger partial charge < -0.3 is 19.5 Å². The highest BCUT2D eigenvalue weighted by Gasteiger charge is 2.16. The molecule has 0 amide bonds. The summed E-state index contributed by atoms with van der Waals surface area (Å²) in [5, 5.41) is 15.0. The summed E-state index contributed by atoms with van der Waals surface area (Å²) in [6, 6.07) is 6.03. The van der Waals surface area contributed by atoms with Crippen LogP contribution in [0.4, 0.5) is 0 Å². The van der Waals surface area contributed by atoms with Crippen LogP contribution >= 0.6 is 0 Å². The van der Waals surface area contributed by atoms with Gasteiger partial charge >= 0.3 is 0 Å². The van der Waals surface area contributed by atoms with Crippen molar-refractivity contribution in [3.63, 3.8) is 0 Å². The Morgan fingerprint density at radius 3 is 2.47 bits per heavy atom. The molecule has 0 unspecified atom stereocenters. The van der Waals surface area contributed by atoms with Crippen molar-refractivity contribution in [3.05, 3.63) is 41.2 Å². The molecule has 1 N–H and O–H groups in total. The van der Waals surface area contributed by atoms with Crippen molar-refractivity contribution in [2.75, 3.05) is 40.4 Å². The van der Waals surface area contributed by atoms with Gasteiger partial charge in [-0.15, -0.1) is 0 Å². The van der Waals surface area contributed by atoms with Crippen LogP contribution < -0.4 is 9.47 Å². The predicted octanol–water partition coefficient (Wildman–Crippen LogP) is 3.37. The van der Waals surface area contributed by atoms with Crippen molar-refractivity contribution in [1.29, 1.82) is 0 Å². The van der Waals surface area contributed by atoms with Crippen LogP contribution in [0, 0.1) is 6.92 Å². The van der Waals surface area contributed by atoms with Gasteiger partial charge in [-0.2, -0.15) is 5.10 Å². The van der Waals surface area contributed by atoms with E-state index in [4.69, 9.17) is 9.47 Å². The third-order valence-corrected chi connectivity index (χ3v) is 6.08. The molecule has 1 aliphatic rings. The number of nitrogens with zero attached hydrogens (tertiary/aromatic N) is 4. The Morgan fingerprint density at radius 1 is 1.09 bits per heavy atom. The molecule has 1 atom stereocenters. The van der Waals surface area contributed by atoms with E-state index in [1.165, 1.54) is 37.7 Å². The number of β-amino-alcohol motifs (C(OH)–C–C–N with tert-alkyl or cyclic N) is 1. The molecular weight excluding hydrogens is 404 g/mol. The van der Waals surface area contributed by atoms with Crippen LogP contribution in [0.3, 0.4) is 0 Å². The molecule has 7 nitrogen and oxygen atoms in total. The number of hydrogen-bond donors (Lipinski definition) is 1. The molecule has 32 heavy (non-hydrogen) atoms. The average molecular weight is 445 g/mol. The lowest BCUT2D eigenvalue weighted by Gasteiger charge is -2.27. The second-order valence-corrected chi connectivity index (χ2v) is 9.10. The maximum Gasteiger partial charge on any atom is 0.161 e. The Labute approximate surface area is 192 Å². The summed E-state index contributed by atoms with van der Waals surface area (Å²) in [7, 11) is 5.70. The molecule has 7 heteroatoms. The average Bonchev–Trinajstić information content (AvgIpc) is 3.05. The molecule has 1 aromatic heterocycles. The number of ether oxygens (including phenoxy) is 2. The van der Waals surface area contributed by atoms with Crippen LogP contribution in [0.5, 0.6) is 11.5 Å². The standard InChI is InChI=1S/C25H40N4O3/c1-20-22(17-28(3)26-20)16-27(2)15-21-10-11-24(31-4)25(14-21)32-19-23(30)18-29-12-8-6-5-7-9-13-29/h10-11,14,17,23,30H,5-9,12-13,15-16,18-19H2,1-4H3/t23-/m0/s1. The quantitative estimate of drug-likeness (QED) is 0.606. The number of likely N-dealkylation sites (tertiary alicyclic amines) is 1. The Morgan fingerprint density at radius 2 is 1.81 bits per heavy atom. The highest BCUT2D eigenvalue weighted by atomic mass is 16.5. The fourth-order valence-corrected chi connectivity index (χ4v) is 4.43. The van der Waals surface area contributed by atoms with Crippen molar-refractivity contribution in [2.24, 2.45) is 7.05 Å². The monoisotopic (exact) mass is 444 g/mol. The van der Waals surface area contributed by atoms with Crippen molar-refractivity contribution in [2.45, 2.75) is 58.2 Å². The summed E-state index contributed by atoms with van der Waals surface area (Å²) in [4.78, 5) is 4.63. The number of hydrogen-bond acceptors (Lipinski definition) is 6. The minimum Gasteiger partial charge on any atom is -0.493 e. The maximum absolute atomic E-state index is 10.6. The Bertz CT molecular complexity index is 831. The van der Waals surface area contributed by atoms with Crippen LogP contribution in [0.2, 0.25) is 0 Å². The topological polar surface area (TPSA) is 63.0 Å². The van der Waals surface area contributed by atoms with Gasteiger partial charge in [0.25, 0.3) is 0 Å². The van der Waals surface area contributed by atoms with Crippen LogP contribution in [-0.2, 0) is 20.1 Å². The summed E-state index contributed by atoms with van der Waals surface area (Å²) in [5.41, 5.74) is 3.43. The highest BCUT2D eigenvalue weighted by molar-refractivity contribution is 5.43. The molecule has 1 fully saturated rings. The van der Waals surface area contributed by atoms with Crippen LogP contribution in [0.1, 0.15) is 48.9 Å². The zero-order chi connectivity index (χ0) is 22.9. The Balaban J connectivity index is 1.54. The van der Waals surface area contributed by atoms with E-state index < -0.39 is 6.10 Å². The number of aliphatic hydroxyl groups is 1. The first kappa shape index (κ1) is 24.6. The molecule has 0 bridgehead atoms. The van der Waals surface area contributed by atoms with Crippen LogP contribution in [0.15, 0.2) is 24.4 Å². The van der Waals surface area contributed by atoms with Crippen molar-refractivity contribution < 1.29 is 14.6 Å². The van der Waals surface area contributed by atoms with E-state index in [0.29, 0.717) is 18.0 Å². The Kier molecular flexibility index (Phi) is 9.38. The minimum absolute atomic E-state index is 0.265. The van der Waals surface area contributed by atoms with E-state index in [9.17, 15) is 5.11 Å². The van der Waals surface area contributed by atoms with Crippen LogP contribution in [-0.4, -0.2) is 71.2 Å². The molecule has 2 aromatic rings. The lowest BCUT2D eigenvalue weighted by molar-refractivity contribution is 0.0644. The molecular formula is C25H40N4O3. The number of rotatable bonds is 10. The van der Waals surface area contributed by atoms with Crippen molar-refractivity contribution >= 4 is 0 Å². The zero-order valence-electron chi connectivity index (χ0n) is 20.2. The second kappa shape index (κ2) is 12.2. The first-order valence-corrected chi connectivity index (χ1v) is 11.8. The molecule has 3 rings (SSSR count). The zero-order valence-corrected chi connectivity index (χ0v) is 20.2. The summed E-state index contributed by atoms with van der Waals surface area (Å²) in [5.74, 6) is 1.38. The normalized spacial score (nSPS) is 16.6. The van der Waals surface area contributed by atoms with Gasteiger partial charge in [0.2, 0.25) is 0 Å². The largest absolute Gasteiger partial charge is 0.493 e. The molecule has 0 aliphatic carbocycles. The fourth-order valence-electron chi connectivity index (χ4n) is 4.43. The summed E-state index contributed by atoms with van der Waals surface area (Å²) in [6.07, 6.45) is 7.92. The van der Waals surface area contributed by atoms with E-state index in [-0.39, 0.29) is 6.61 Å². The fraction of sp³-hybridized carbons (Fsp3) is 0.640. The van der Waals surface area contributed by atoms with Gasteiger partial charge in [0.1, 0.15) is 12.7 Å². The first-order chi connectivity index (χ1) is 15.4. The molecule has 0 saturated carbocycles. The number of aryl methyl sites for hydroxylation is 2. The summed E-state index contributed by atoms with van der Waals surface area (Å²) in [6.45, 7) is 6.72. The van der Waals surface area contributed by atoms with Crippen LogP contribution in [0.25, 0.3) is 0 Å². The van der Waals surface area contributed by atoms with Crippen molar-refractivity contribution in [3.8, 4) is 11.5 Å². The number of benzene rings is 1. The van der Waals surface area contributed by atoms with Gasteiger partial charge in [-0.25, -0.2) is 0 Å². The van der Waals surface area contributed by atoms with E-state index in [0.717, 1.165) is 37.4 Å². The van der Waals surface area contributed by atoms with E-state index in [1.807, 2.05) is 30.8 Å². The Hall–Kier alpha value is -2.09. The molecule has 178 valence electrons. The minimum atomic E-state index is -0.515. The smallest absolute Gasteiger partial charge is 0.161 e.